The molecule has 1 rings (SSSR count). The zero-order valence-electron chi connectivity index (χ0n) is 9.05. The molecule has 0 aromatic heterocycles. The van der Waals surface area contributed by atoms with Gasteiger partial charge in [-0.2, -0.15) is 0 Å². The highest BCUT2D eigenvalue weighted by atomic mass is 16.5. The summed E-state index contributed by atoms with van der Waals surface area (Å²) >= 11 is 0. The van der Waals surface area contributed by atoms with E-state index in [1.54, 1.807) is 0 Å². The van der Waals surface area contributed by atoms with Gasteiger partial charge in [-0.1, -0.05) is 37.3 Å². The third-order valence-corrected chi connectivity index (χ3v) is 2.14. The largest absolute Gasteiger partial charge is 0.481 e. The van der Waals surface area contributed by atoms with Gasteiger partial charge in [-0.15, -0.1) is 0 Å². The van der Waals surface area contributed by atoms with E-state index in [4.69, 9.17) is 9.84 Å². The van der Waals surface area contributed by atoms with Crippen molar-refractivity contribution in [2.45, 2.75) is 20.0 Å². The third-order valence-electron chi connectivity index (χ3n) is 2.14. The van der Waals surface area contributed by atoms with Crippen LogP contribution in [0.4, 0.5) is 0 Å². The van der Waals surface area contributed by atoms with E-state index in [0.717, 1.165) is 5.56 Å². The summed E-state index contributed by atoms with van der Waals surface area (Å²) in [5.74, 6) is -2.18. The first-order valence-electron chi connectivity index (χ1n) is 5.02. The summed E-state index contributed by atoms with van der Waals surface area (Å²) in [7, 11) is 0. The van der Waals surface area contributed by atoms with Crippen molar-refractivity contribution < 1.29 is 19.4 Å². The zero-order chi connectivity index (χ0) is 12.0. The molecule has 0 unspecified atom stereocenters. The minimum atomic E-state index is -0.989. The zero-order valence-corrected chi connectivity index (χ0v) is 9.05. The van der Waals surface area contributed by atoms with E-state index < -0.39 is 17.9 Å². The van der Waals surface area contributed by atoms with Crippen LogP contribution in [0.1, 0.15) is 18.9 Å². The molecule has 1 atom stereocenters. The first-order chi connectivity index (χ1) is 7.59. The molecule has 1 aromatic rings. The van der Waals surface area contributed by atoms with Crippen LogP contribution in [0.15, 0.2) is 30.3 Å². The number of carbonyl (C=O) groups is 2. The van der Waals surface area contributed by atoms with Gasteiger partial charge in [0.1, 0.15) is 6.61 Å². The molecule has 0 aliphatic rings. The summed E-state index contributed by atoms with van der Waals surface area (Å²) in [6, 6.07) is 9.26. The van der Waals surface area contributed by atoms with Gasteiger partial charge in [0.2, 0.25) is 0 Å². The van der Waals surface area contributed by atoms with Gasteiger partial charge in [-0.3, -0.25) is 9.59 Å². The van der Waals surface area contributed by atoms with Crippen LogP contribution in [0.2, 0.25) is 0 Å². The molecule has 0 saturated heterocycles. The topological polar surface area (TPSA) is 63.6 Å². The van der Waals surface area contributed by atoms with Gasteiger partial charge in [-0.05, 0) is 5.56 Å². The number of benzene rings is 1. The van der Waals surface area contributed by atoms with E-state index in [2.05, 4.69) is 0 Å². The number of carbonyl (C=O) groups excluding carboxylic acids is 1. The number of hydrogen-bond acceptors (Lipinski definition) is 3. The van der Waals surface area contributed by atoms with Crippen molar-refractivity contribution in [3.8, 4) is 0 Å². The molecule has 0 aliphatic carbocycles. The lowest BCUT2D eigenvalue weighted by Crippen LogP contribution is -2.16. The normalized spacial score (nSPS) is 11.8. The van der Waals surface area contributed by atoms with Gasteiger partial charge < -0.3 is 9.84 Å². The van der Waals surface area contributed by atoms with E-state index in [1.807, 2.05) is 30.3 Å². The van der Waals surface area contributed by atoms with Gasteiger partial charge in [-0.25, -0.2) is 0 Å². The molecule has 0 bridgehead atoms. The summed E-state index contributed by atoms with van der Waals surface area (Å²) in [6.45, 7) is 1.66. The van der Waals surface area contributed by atoms with Crippen molar-refractivity contribution in [3.63, 3.8) is 0 Å². The molecular weight excluding hydrogens is 208 g/mol. The van der Waals surface area contributed by atoms with Crippen molar-refractivity contribution in [1.82, 2.24) is 0 Å². The standard InChI is InChI=1S/C12H14O4/c1-9(12(14)15)7-11(13)16-8-10-5-3-2-4-6-10/h2-6,9H,7-8H2,1H3,(H,14,15)/t9-/m1/s1. The van der Waals surface area contributed by atoms with Crippen LogP contribution in [-0.4, -0.2) is 17.0 Å². The van der Waals surface area contributed by atoms with Gasteiger partial charge in [0, 0.05) is 0 Å². The fourth-order valence-corrected chi connectivity index (χ4v) is 1.13. The van der Waals surface area contributed by atoms with Crippen LogP contribution in [0, 0.1) is 5.92 Å². The molecule has 0 spiro atoms. The average molecular weight is 222 g/mol. The molecule has 86 valence electrons. The van der Waals surface area contributed by atoms with E-state index in [1.165, 1.54) is 6.92 Å². The van der Waals surface area contributed by atoms with Gasteiger partial charge in [0.05, 0.1) is 12.3 Å². The predicted octanol–water partition coefficient (Wildman–Crippen LogP) is 1.84. The van der Waals surface area contributed by atoms with Crippen LogP contribution < -0.4 is 0 Å². The highest BCUT2D eigenvalue weighted by Gasteiger charge is 2.16. The molecule has 16 heavy (non-hydrogen) atoms. The molecule has 0 fully saturated rings. The molecule has 0 amide bonds. The number of ether oxygens (including phenoxy) is 1. The summed E-state index contributed by atoms with van der Waals surface area (Å²) in [6.07, 6.45) is -0.0951. The number of rotatable bonds is 5. The second kappa shape index (κ2) is 5.90. The van der Waals surface area contributed by atoms with Crippen LogP contribution in [0.3, 0.4) is 0 Å². The SMILES string of the molecule is C[C@H](CC(=O)OCc1ccccc1)C(=O)O. The molecule has 4 heteroatoms. The molecule has 0 aliphatic heterocycles. The quantitative estimate of drug-likeness (QED) is 0.772. The van der Waals surface area contributed by atoms with Crippen LogP contribution in [0.5, 0.6) is 0 Å². The molecule has 4 nitrogen and oxygen atoms in total. The first-order valence-corrected chi connectivity index (χ1v) is 5.02. The average Bonchev–Trinajstić information content (AvgIpc) is 2.27. The van der Waals surface area contributed by atoms with E-state index in [9.17, 15) is 9.59 Å². The molecule has 0 saturated carbocycles. The molecular formula is C12H14O4. The van der Waals surface area contributed by atoms with Crippen molar-refractivity contribution in [1.29, 1.82) is 0 Å². The Hall–Kier alpha value is -1.84. The maximum atomic E-state index is 11.2. The Labute approximate surface area is 93.9 Å². The van der Waals surface area contributed by atoms with Crippen molar-refractivity contribution in [2.24, 2.45) is 5.92 Å². The van der Waals surface area contributed by atoms with Gasteiger partial charge in [0.25, 0.3) is 0 Å². The van der Waals surface area contributed by atoms with Gasteiger partial charge in [0.15, 0.2) is 0 Å². The Kier molecular flexibility index (Phi) is 4.51. The fraction of sp³-hybridized carbons (Fsp3) is 0.333. The second-order valence-corrected chi connectivity index (χ2v) is 3.59. The third kappa shape index (κ3) is 4.13. The number of hydrogen-bond donors (Lipinski definition) is 1. The lowest BCUT2D eigenvalue weighted by Gasteiger charge is -2.07. The Morgan fingerprint density at radius 2 is 1.94 bits per heavy atom. The summed E-state index contributed by atoms with van der Waals surface area (Å²) in [4.78, 5) is 21.7. The number of aliphatic carboxylic acids is 1. The second-order valence-electron chi connectivity index (χ2n) is 3.59. The maximum Gasteiger partial charge on any atom is 0.306 e. The van der Waals surface area contributed by atoms with Gasteiger partial charge >= 0.3 is 11.9 Å². The molecule has 1 aromatic carbocycles. The van der Waals surface area contributed by atoms with E-state index >= 15 is 0 Å². The Morgan fingerprint density at radius 3 is 2.50 bits per heavy atom. The number of carboxylic acids is 1. The van der Waals surface area contributed by atoms with E-state index in [-0.39, 0.29) is 13.0 Å². The van der Waals surface area contributed by atoms with Crippen LogP contribution in [-0.2, 0) is 20.9 Å². The monoisotopic (exact) mass is 222 g/mol. The Morgan fingerprint density at radius 1 is 1.31 bits per heavy atom. The summed E-state index contributed by atoms with van der Waals surface area (Å²) < 4.78 is 4.95. The number of esters is 1. The highest BCUT2D eigenvalue weighted by Crippen LogP contribution is 2.06. The van der Waals surface area contributed by atoms with Crippen molar-refractivity contribution >= 4 is 11.9 Å². The Bertz CT molecular complexity index is 359. The minimum absolute atomic E-state index is 0.0951. The van der Waals surface area contributed by atoms with Crippen LogP contribution in [0.25, 0.3) is 0 Å². The highest BCUT2D eigenvalue weighted by molar-refractivity contribution is 5.78. The Balaban J connectivity index is 2.33. The fourth-order valence-electron chi connectivity index (χ4n) is 1.13. The predicted molar refractivity (Wildman–Crippen MR) is 57.7 cm³/mol. The maximum absolute atomic E-state index is 11.2. The first kappa shape index (κ1) is 12.2. The summed E-state index contributed by atoms with van der Waals surface area (Å²) in [5.41, 5.74) is 0.888. The van der Waals surface area contributed by atoms with Crippen molar-refractivity contribution in [3.05, 3.63) is 35.9 Å². The molecule has 0 heterocycles. The molecule has 1 N–H and O–H groups in total. The van der Waals surface area contributed by atoms with Crippen molar-refractivity contribution in [2.75, 3.05) is 0 Å². The smallest absolute Gasteiger partial charge is 0.306 e. The van der Waals surface area contributed by atoms with Crippen LogP contribution >= 0.6 is 0 Å². The molecule has 0 radical (unpaired) electrons. The van der Waals surface area contributed by atoms with E-state index in [0.29, 0.717) is 0 Å². The lowest BCUT2D eigenvalue weighted by atomic mass is 10.1. The minimum Gasteiger partial charge on any atom is -0.481 e. The summed E-state index contributed by atoms with van der Waals surface area (Å²) in [5, 5.41) is 8.61. The lowest BCUT2D eigenvalue weighted by molar-refractivity contribution is -0.151. The number of carboxylic acid groups (broad SMARTS) is 1.